The number of benzene rings is 1. The van der Waals surface area contributed by atoms with Crippen molar-refractivity contribution in [2.24, 2.45) is 0 Å². The van der Waals surface area contributed by atoms with E-state index in [1.165, 1.54) is 18.2 Å². The number of nitrogens with zero attached hydrogens (tertiary/aromatic N) is 1. The molecule has 7 heteroatoms. The van der Waals surface area contributed by atoms with Crippen molar-refractivity contribution >= 4 is 17.3 Å². The van der Waals surface area contributed by atoms with Crippen LogP contribution in [0.3, 0.4) is 0 Å². The van der Waals surface area contributed by atoms with Crippen molar-refractivity contribution < 1.29 is 19.9 Å². The Hall–Kier alpha value is -2.15. The molecular formula is C13H18N2O5. The van der Waals surface area contributed by atoms with Crippen molar-refractivity contribution in [2.75, 3.05) is 5.32 Å². The minimum absolute atomic E-state index is 0.0574. The first-order valence-corrected chi connectivity index (χ1v) is 5.98. The maximum absolute atomic E-state index is 11.1. The molecular weight excluding hydrogens is 264 g/mol. The number of rotatable bonds is 5. The Morgan fingerprint density at radius 2 is 1.85 bits per heavy atom. The van der Waals surface area contributed by atoms with Gasteiger partial charge in [-0.15, -0.1) is 0 Å². The number of hydrogen-bond acceptors (Lipinski definition) is 5. The smallest absolute Gasteiger partial charge is 0.342 e. The van der Waals surface area contributed by atoms with E-state index in [0.717, 1.165) is 0 Å². The number of nitro benzene ring substituents is 1. The second kappa shape index (κ2) is 5.09. The Bertz CT molecular complexity index is 546. The quantitative estimate of drug-likeness (QED) is 0.564. The normalized spacial score (nSPS) is 12.1. The first kappa shape index (κ1) is 15.9. The van der Waals surface area contributed by atoms with Crippen LogP contribution in [0.1, 0.15) is 38.1 Å². The molecule has 0 fully saturated rings. The summed E-state index contributed by atoms with van der Waals surface area (Å²) in [4.78, 5) is 21.4. The number of anilines is 1. The van der Waals surface area contributed by atoms with Crippen molar-refractivity contribution in [2.45, 2.75) is 38.8 Å². The van der Waals surface area contributed by atoms with Crippen LogP contribution in [-0.2, 0) is 0 Å². The van der Waals surface area contributed by atoms with E-state index in [-0.39, 0.29) is 5.69 Å². The lowest BCUT2D eigenvalue weighted by Gasteiger charge is -2.38. The first-order chi connectivity index (χ1) is 8.97. The lowest BCUT2D eigenvalue weighted by molar-refractivity contribution is -0.384. The Balaban J connectivity index is 3.37. The van der Waals surface area contributed by atoms with Gasteiger partial charge in [0, 0.05) is 0 Å². The summed E-state index contributed by atoms with van der Waals surface area (Å²) in [6, 6.07) is 4.00. The zero-order valence-electron chi connectivity index (χ0n) is 11.8. The first-order valence-electron chi connectivity index (χ1n) is 5.98. The molecule has 0 bridgehead atoms. The number of nitrogens with one attached hydrogen (secondary N) is 1. The molecule has 110 valence electrons. The molecule has 0 aliphatic carbocycles. The number of hydrogen-bond donors (Lipinski definition) is 3. The summed E-state index contributed by atoms with van der Waals surface area (Å²) in [6.45, 7) is 6.47. The summed E-state index contributed by atoms with van der Waals surface area (Å²) in [7, 11) is 0. The highest BCUT2D eigenvalue weighted by atomic mass is 16.6. The van der Waals surface area contributed by atoms with Crippen LogP contribution in [0.2, 0.25) is 0 Å². The zero-order chi connectivity index (χ0) is 15.7. The molecule has 20 heavy (non-hydrogen) atoms. The SMILES string of the molecule is CC(C)(O)C(C)(C)Nc1cccc(C(=O)O)c1[N+](=O)[O-]. The molecule has 0 spiro atoms. The topological polar surface area (TPSA) is 113 Å². The summed E-state index contributed by atoms with van der Waals surface area (Å²) in [6.07, 6.45) is 0. The van der Waals surface area contributed by atoms with Crippen molar-refractivity contribution in [1.82, 2.24) is 0 Å². The molecule has 0 saturated heterocycles. The van der Waals surface area contributed by atoms with Crippen LogP contribution in [-0.4, -0.2) is 32.2 Å². The van der Waals surface area contributed by atoms with E-state index >= 15 is 0 Å². The molecule has 0 heterocycles. The molecule has 1 rings (SSSR count). The minimum atomic E-state index is -1.37. The number of carboxylic acids is 1. The fourth-order valence-corrected chi connectivity index (χ4v) is 1.50. The Morgan fingerprint density at radius 1 is 1.30 bits per heavy atom. The summed E-state index contributed by atoms with van der Waals surface area (Å²) < 4.78 is 0. The van der Waals surface area contributed by atoms with Crippen LogP contribution >= 0.6 is 0 Å². The highest BCUT2D eigenvalue weighted by Gasteiger charge is 2.37. The number of nitro groups is 1. The Morgan fingerprint density at radius 3 is 2.25 bits per heavy atom. The molecule has 0 amide bonds. The van der Waals surface area contributed by atoms with E-state index in [1.807, 2.05) is 0 Å². The van der Waals surface area contributed by atoms with Gasteiger partial charge >= 0.3 is 11.7 Å². The molecule has 0 radical (unpaired) electrons. The van der Waals surface area contributed by atoms with Crippen molar-refractivity contribution in [1.29, 1.82) is 0 Å². The van der Waals surface area contributed by atoms with Gasteiger partial charge in [0.25, 0.3) is 0 Å². The fraction of sp³-hybridized carbons (Fsp3) is 0.462. The van der Waals surface area contributed by atoms with Gasteiger partial charge in [-0.25, -0.2) is 4.79 Å². The maximum atomic E-state index is 11.1. The van der Waals surface area contributed by atoms with Gasteiger partial charge in [-0.3, -0.25) is 10.1 Å². The van der Waals surface area contributed by atoms with Crippen LogP contribution in [0.15, 0.2) is 18.2 Å². The van der Waals surface area contributed by atoms with Gasteiger partial charge in [-0.2, -0.15) is 0 Å². The number of carbonyl (C=O) groups is 1. The lowest BCUT2D eigenvalue weighted by atomic mass is 9.85. The average molecular weight is 282 g/mol. The molecule has 0 atom stereocenters. The van der Waals surface area contributed by atoms with Crippen LogP contribution in [0.5, 0.6) is 0 Å². The number of aliphatic hydroxyl groups is 1. The summed E-state index contributed by atoms with van der Waals surface area (Å²) in [5.74, 6) is -1.37. The van der Waals surface area contributed by atoms with E-state index in [1.54, 1.807) is 27.7 Å². The highest BCUT2D eigenvalue weighted by molar-refractivity contribution is 5.95. The van der Waals surface area contributed by atoms with Gasteiger partial charge in [0.2, 0.25) is 0 Å². The second-order valence-corrected chi connectivity index (χ2v) is 5.57. The third kappa shape index (κ3) is 3.05. The van der Waals surface area contributed by atoms with Crippen LogP contribution < -0.4 is 5.32 Å². The average Bonchev–Trinajstić information content (AvgIpc) is 2.25. The van der Waals surface area contributed by atoms with E-state index < -0.39 is 33.3 Å². The molecule has 1 aromatic carbocycles. The van der Waals surface area contributed by atoms with E-state index in [0.29, 0.717) is 0 Å². The van der Waals surface area contributed by atoms with E-state index in [9.17, 15) is 20.0 Å². The molecule has 0 unspecified atom stereocenters. The molecule has 0 aliphatic rings. The van der Waals surface area contributed by atoms with Gasteiger partial charge in [0.15, 0.2) is 0 Å². The molecule has 3 N–H and O–H groups in total. The third-order valence-electron chi connectivity index (χ3n) is 3.43. The maximum Gasteiger partial charge on any atom is 0.342 e. The van der Waals surface area contributed by atoms with Crippen molar-refractivity contribution in [3.63, 3.8) is 0 Å². The third-order valence-corrected chi connectivity index (χ3v) is 3.43. The lowest BCUT2D eigenvalue weighted by Crippen LogP contribution is -2.51. The fourth-order valence-electron chi connectivity index (χ4n) is 1.50. The molecule has 1 aromatic rings. The van der Waals surface area contributed by atoms with Crippen molar-refractivity contribution in [3.05, 3.63) is 33.9 Å². The van der Waals surface area contributed by atoms with E-state index in [4.69, 9.17) is 5.11 Å². The Kier molecular flexibility index (Phi) is 4.04. The van der Waals surface area contributed by atoms with Crippen LogP contribution in [0.25, 0.3) is 0 Å². The predicted octanol–water partition coefficient (Wildman–Crippen LogP) is 2.25. The van der Waals surface area contributed by atoms with Crippen molar-refractivity contribution in [3.8, 4) is 0 Å². The number of aromatic carboxylic acids is 1. The number of carboxylic acid groups (broad SMARTS) is 1. The van der Waals surface area contributed by atoms with Gasteiger partial charge in [0.1, 0.15) is 11.3 Å². The number of para-hydroxylation sites is 1. The molecule has 0 saturated carbocycles. The van der Waals surface area contributed by atoms with Gasteiger partial charge in [0.05, 0.1) is 16.1 Å². The van der Waals surface area contributed by atoms with E-state index in [2.05, 4.69) is 5.32 Å². The Labute approximate surface area is 116 Å². The zero-order valence-corrected chi connectivity index (χ0v) is 11.8. The summed E-state index contributed by atoms with van der Waals surface area (Å²) in [5, 5.41) is 33.1. The van der Waals surface area contributed by atoms with Gasteiger partial charge in [-0.1, -0.05) is 6.07 Å². The minimum Gasteiger partial charge on any atom is -0.477 e. The molecule has 0 aliphatic heterocycles. The largest absolute Gasteiger partial charge is 0.477 e. The molecule has 7 nitrogen and oxygen atoms in total. The monoisotopic (exact) mass is 282 g/mol. The standard InChI is InChI=1S/C13H18N2O5/c1-12(2,13(3,4)18)14-9-7-5-6-8(11(16)17)10(9)15(19)20/h5-7,14,18H,1-4H3,(H,16,17). The van der Waals surface area contributed by atoms with Gasteiger partial charge in [-0.05, 0) is 39.8 Å². The summed E-state index contributed by atoms with van der Waals surface area (Å²) in [5.41, 5.74) is -2.92. The highest BCUT2D eigenvalue weighted by Crippen LogP contribution is 2.33. The second-order valence-electron chi connectivity index (χ2n) is 5.57. The predicted molar refractivity (Wildman–Crippen MR) is 74.1 cm³/mol. The summed E-state index contributed by atoms with van der Waals surface area (Å²) >= 11 is 0. The molecule has 0 aromatic heterocycles. The van der Waals surface area contributed by atoms with Crippen LogP contribution in [0, 0.1) is 10.1 Å². The van der Waals surface area contributed by atoms with Gasteiger partial charge < -0.3 is 15.5 Å². The van der Waals surface area contributed by atoms with Crippen LogP contribution in [0.4, 0.5) is 11.4 Å².